The van der Waals surface area contributed by atoms with E-state index >= 15 is 0 Å². The molecule has 1 heterocycles. The summed E-state index contributed by atoms with van der Waals surface area (Å²) in [6.07, 6.45) is 0. The second kappa shape index (κ2) is 5.73. The van der Waals surface area contributed by atoms with Crippen LogP contribution in [0.5, 0.6) is 0 Å². The highest BCUT2D eigenvalue weighted by Crippen LogP contribution is 2.33. The van der Waals surface area contributed by atoms with Gasteiger partial charge < -0.3 is 0 Å². The summed E-state index contributed by atoms with van der Waals surface area (Å²) in [5, 5.41) is 2.36. The topological polar surface area (TPSA) is 25.8 Å². The molecule has 0 saturated carbocycles. The van der Waals surface area contributed by atoms with Crippen LogP contribution in [0.2, 0.25) is 15.2 Å². The predicted molar refractivity (Wildman–Crippen MR) is 92.4 cm³/mol. The fourth-order valence-corrected chi connectivity index (χ4v) is 3.01. The van der Waals surface area contributed by atoms with Gasteiger partial charge in [-0.1, -0.05) is 50.7 Å². The number of aromatic nitrogens is 2. The van der Waals surface area contributed by atoms with Crippen molar-refractivity contribution in [1.29, 1.82) is 0 Å². The summed E-state index contributed by atoms with van der Waals surface area (Å²) in [4.78, 5) is 8.93. The molecule has 3 rings (SSSR count). The minimum atomic E-state index is 0.380. The highest BCUT2D eigenvalue weighted by atomic mass is 79.9. The maximum absolute atomic E-state index is 6.28. The molecule has 0 aliphatic heterocycles. The lowest BCUT2D eigenvalue weighted by Gasteiger charge is -2.09. The first-order chi connectivity index (χ1) is 9.97. The van der Waals surface area contributed by atoms with Gasteiger partial charge in [0.1, 0.15) is 5.15 Å². The number of aryl methyl sites for hydroxylation is 1. The zero-order valence-corrected chi connectivity index (χ0v) is 14.6. The number of halogens is 4. The quantitative estimate of drug-likeness (QED) is 0.445. The summed E-state index contributed by atoms with van der Waals surface area (Å²) in [6, 6.07) is 9.11. The first kappa shape index (κ1) is 15.0. The minimum Gasteiger partial charge on any atom is -0.228 e. The number of hydrogen-bond donors (Lipinski definition) is 0. The van der Waals surface area contributed by atoms with E-state index in [0.717, 1.165) is 20.9 Å². The summed E-state index contributed by atoms with van der Waals surface area (Å²) in [5.74, 6) is 0.476. The lowest BCUT2D eigenvalue weighted by molar-refractivity contribution is 1.22. The van der Waals surface area contributed by atoms with Gasteiger partial charge in [-0.05, 0) is 42.8 Å². The summed E-state index contributed by atoms with van der Waals surface area (Å²) in [5.41, 5.74) is 2.31. The van der Waals surface area contributed by atoms with Gasteiger partial charge in [-0.2, -0.15) is 0 Å². The predicted octanol–water partition coefficient (Wildman–Crippen LogP) is 6.33. The molecular weight excluding hydrogens is 394 g/mol. The molecule has 0 aliphatic carbocycles. The highest BCUT2D eigenvalue weighted by molar-refractivity contribution is 9.10. The third-order valence-corrected chi connectivity index (χ3v) is 4.70. The fourth-order valence-electron chi connectivity index (χ4n) is 2.06. The van der Waals surface area contributed by atoms with E-state index in [0.29, 0.717) is 26.6 Å². The molecule has 0 fully saturated rings. The molecule has 3 aromatic rings. The van der Waals surface area contributed by atoms with Crippen LogP contribution >= 0.6 is 50.7 Å². The molecule has 0 unspecified atom stereocenters. The third kappa shape index (κ3) is 2.76. The molecule has 0 spiro atoms. The number of rotatable bonds is 1. The van der Waals surface area contributed by atoms with E-state index in [9.17, 15) is 0 Å². The first-order valence-corrected chi connectivity index (χ1v) is 7.98. The summed E-state index contributed by atoms with van der Waals surface area (Å²) < 4.78 is 0.893. The van der Waals surface area contributed by atoms with Crippen molar-refractivity contribution in [1.82, 2.24) is 9.97 Å². The van der Waals surface area contributed by atoms with Gasteiger partial charge in [0.05, 0.1) is 10.5 Å². The number of hydrogen-bond acceptors (Lipinski definition) is 2. The Kier molecular flexibility index (Phi) is 4.10. The van der Waals surface area contributed by atoms with Crippen LogP contribution in [0, 0.1) is 6.92 Å². The molecule has 0 N–H and O–H groups in total. The van der Waals surface area contributed by atoms with E-state index in [4.69, 9.17) is 34.8 Å². The van der Waals surface area contributed by atoms with Crippen molar-refractivity contribution in [3.63, 3.8) is 0 Å². The first-order valence-electron chi connectivity index (χ1n) is 6.05. The van der Waals surface area contributed by atoms with Gasteiger partial charge in [-0.15, -0.1) is 0 Å². The summed E-state index contributed by atoms with van der Waals surface area (Å²) in [6.45, 7) is 1.90. The van der Waals surface area contributed by atoms with Crippen LogP contribution in [0.1, 0.15) is 5.56 Å². The van der Waals surface area contributed by atoms with Crippen molar-refractivity contribution in [2.24, 2.45) is 0 Å². The van der Waals surface area contributed by atoms with Crippen molar-refractivity contribution in [2.75, 3.05) is 0 Å². The molecular formula is C15H8BrCl3N2. The average molecular weight is 403 g/mol. The summed E-state index contributed by atoms with van der Waals surface area (Å²) in [7, 11) is 0. The standard InChI is InChI=1S/C15H8BrCl3N2/c1-7-11(17)5-3-9-13(7)20-15(21-14(9)19)10-6-8(16)2-4-12(10)18/h2-6H,1H3. The lowest BCUT2D eigenvalue weighted by atomic mass is 10.1. The molecule has 2 nitrogen and oxygen atoms in total. The second-order valence-electron chi connectivity index (χ2n) is 4.53. The van der Waals surface area contributed by atoms with E-state index in [1.165, 1.54) is 0 Å². The largest absolute Gasteiger partial charge is 0.228 e. The highest BCUT2D eigenvalue weighted by Gasteiger charge is 2.13. The average Bonchev–Trinajstić information content (AvgIpc) is 2.45. The van der Waals surface area contributed by atoms with Crippen LogP contribution in [0.25, 0.3) is 22.3 Å². The number of fused-ring (bicyclic) bond motifs is 1. The van der Waals surface area contributed by atoms with Gasteiger partial charge in [0.2, 0.25) is 0 Å². The molecule has 1 aromatic heterocycles. The zero-order valence-electron chi connectivity index (χ0n) is 10.8. The van der Waals surface area contributed by atoms with Gasteiger partial charge in [0.25, 0.3) is 0 Å². The summed E-state index contributed by atoms with van der Waals surface area (Å²) >= 11 is 22.1. The molecule has 21 heavy (non-hydrogen) atoms. The molecule has 0 aliphatic rings. The second-order valence-corrected chi connectivity index (χ2v) is 6.62. The van der Waals surface area contributed by atoms with E-state index in [1.54, 1.807) is 12.1 Å². The molecule has 6 heteroatoms. The molecule has 0 saturated heterocycles. The Morgan fingerprint density at radius 3 is 2.43 bits per heavy atom. The van der Waals surface area contributed by atoms with Crippen molar-refractivity contribution in [3.8, 4) is 11.4 Å². The Balaban J connectivity index is 2.34. The molecule has 2 aromatic carbocycles. The van der Waals surface area contributed by atoms with Gasteiger partial charge >= 0.3 is 0 Å². The van der Waals surface area contributed by atoms with Crippen LogP contribution in [-0.2, 0) is 0 Å². The van der Waals surface area contributed by atoms with Crippen molar-refractivity contribution >= 4 is 61.6 Å². The van der Waals surface area contributed by atoms with Crippen molar-refractivity contribution in [3.05, 3.63) is 55.6 Å². The van der Waals surface area contributed by atoms with Crippen LogP contribution in [-0.4, -0.2) is 9.97 Å². The molecule has 106 valence electrons. The minimum absolute atomic E-state index is 0.380. The molecule has 0 amide bonds. The van der Waals surface area contributed by atoms with E-state index in [2.05, 4.69) is 25.9 Å². The third-order valence-electron chi connectivity index (χ3n) is 3.18. The van der Waals surface area contributed by atoms with Crippen molar-refractivity contribution in [2.45, 2.75) is 6.92 Å². The van der Waals surface area contributed by atoms with Gasteiger partial charge in [0.15, 0.2) is 5.82 Å². The zero-order chi connectivity index (χ0) is 15.1. The Morgan fingerprint density at radius 2 is 1.67 bits per heavy atom. The molecule has 0 radical (unpaired) electrons. The van der Waals surface area contributed by atoms with Gasteiger partial charge in [0, 0.05) is 20.4 Å². The normalized spacial score (nSPS) is 11.1. The smallest absolute Gasteiger partial charge is 0.163 e. The maximum atomic E-state index is 6.28. The van der Waals surface area contributed by atoms with Crippen LogP contribution in [0.3, 0.4) is 0 Å². The lowest BCUT2D eigenvalue weighted by Crippen LogP contribution is -1.95. The van der Waals surface area contributed by atoms with Crippen LogP contribution < -0.4 is 0 Å². The number of nitrogens with zero attached hydrogens (tertiary/aromatic N) is 2. The Bertz CT molecular complexity index is 865. The Morgan fingerprint density at radius 1 is 0.952 bits per heavy atom. The fraction of sp³-hybridized carbons (Fsp3) is 0.0667. The maximum Gasteiger partial charge on any atom is 0.163 e. The Hall–Kier alpha value is -0.870. The Labute approximate surface area is 145 Å². The van der Waals surface area contributed by atoms with Crippen LogP contribution in [0.4, 0.5) is 0 Å². The van der Waals surface area contributed by atoms with Crippen LogP contribution in [0.15, 0.2) is 34.8 Å². The van der Waals surface area contributed by atoms with Gasteiger partial charge in [-0.3, -0.25) is 0 Å². The number of benzene rings is 2. The van der Waals surface area contributed by atoms with E-state index < -0.39 is 0 Å². The van der Waals surface area contributed by atoms with Gasteiger partial charge in [-0.25, -0.2) is 9.97 Å². The van der Waals surface area contributed by atoms with E-state index in [1.807, 2.05) is 25.1 Å². The SMILES string of the molecule is Cc1c(Cl)ccc2c(Cl)nc(-c3cc(Br)ccc3Cl)nc12. The molecule has 0 bridgehead atoms. The van der Waals surface area contributed by atoms with E-state index in [-0.39, 0.29) is 0 Å². The molecule has 0 atom stereocenters. The monoisotopic (exact) mass is 400 g/mol. The van der Waals surface area contributed by atoms with Crippen molar-refractivity contribution < 1.29 is 0 Å².